The van der Waals surface area contributed by atoms with Gasteiger partial charge >= 0.3 is 0 Å². The minimum atomic E-state index is -0.510. The summed E-state index contributed by atoms with van der Waals surface area (Å²) < 4.78 is 10.2. The zero-order valence-corrected chi connectivity index (χ0v) is 14.6. The van der Waals surface area contributed by atoms with Crippen LogP contribution in [0.2, 0.25) is 0 Å². The maximum Gasteiger partial charge on any atom is 0.276 e. The molecule has 9 heteroatoms. The number of hydrogen-bond acceptors (Lipinski definition) is 6. The van der Waals surface area contributed by atoms with Crippen LogP contribution in [0.15, 0.2) is 12.1 Å². The van der Waals surface area contributed by atoms with Crippen molar-refractivity contribution in [2.24, 2.45) is 0 Å². The molecule has 0 radical (unpaired) electrons. The molecule has 0 aliphatic carbocycles. The van der Waals surface area contributed by atoms with Crippen molar-refractivity contribution in [1.82, 2.24) is 10.6 Å². The molecule has 0 atom stereocenters. The lowest BCUT2D eigenvalue weighted by Crippen LogP contribution is -2.37. The van der Waals surface area contributed by atoms with Crippen molar-refractivity contribution in [2.45, 2.75) is 26.2 Å². The van der Waals surface area contributed by atoms with Crippen LogP contribution in [0.3, 0.4) is 0 Å². The van der Waals surface area contributed by atoms with Gasteiger partial charge in [-0.2, -0.15) is 0 Å². The SMILES string of the molecule is CCCC(=O)NCC(=O)NCCc1cc(OC)c(OC)cc1[N+](=O)[O-]. The van der Waals surface area contributed by atoms with Gasteiger partial charge < -0.3 is 20.1 Å². The Balaban J connectivity index is 2.65. The summed E-state index contributed by atoms with van der Waals surface area (Å²) in [6.45, 7) is 1.95. The molecule has 2 N–H and O–H groups in total. The van der Waals surface area contributed by atoms with E-state index in [4.69, 9.17) is 9.47 Å². The van der Waals surface area contributed by atoms with Gasteiger partial charge in [-0.3, -0.25) is 19.7 Å². The van der Waals surface area contributed by atoms with E-state index in [1.807, 2.05) is 6.92 Å². The van der Waals surface area contributed by atoms with Crippen LogP contribution in [0.1, 0.15) is 25.3 Å². The van der Waals surface area contributed by atoms with Crippen LogP contribution in [0.4, 0.5) is 5.69 Å². The lowest BCUT2D eigenvalue weighted by molar-refractivity contribution is -0.385. The molecule has 0 aliphatic rings. The van der Waals surface area contributed by atoms with Gasteiger partial charge in [-0.05, 0) is 18.9 Å². The van der Waals surface area contributed by atoms with E-state index < -0.39 is 4.92 Å². The van der Waals surface area contributed by atoms with Gasteiger partial charge in [-0.1, -0.05) is 6.92 Å². The molecule has 1 aromatic carbocycles. The predicted molar refractivity (Wildman–Crippen MR) is 90.8 cm³/mol. The van der Waals surface area contributed by atoms with Crippen LogP contribution < -0.4 is 20.1 Å². The molecule has 9 nitrogen and oxygen atoms in total. The molecule has 0 bridgehead atoms. The summed E-state index contributed by atoms with van der Waals surface area (Å²) in [6, 6.07) is 2.81. The zero-order valence-electron chi connectivity index (χ0n) is 14.6. The van der Waals surface area contributed by atoms with Crippen molar-refractivity contribution in [1.29, 1.82) is 0 Å². The molecule has 0 heterocycles. The zero-order chi connectivity index (χ0) is 18.8. The average Bonchev–Trinajstić information content (AvgIpc) is 2.59. The molecular formula is C16H23N3O6. The molecule has 0 aromatic heterocycles. The summed E-state index contributed by atoms with van der Waals surface area (Å²) in [5.74, 6) is 0.0997. The van der Waals surface area contributed by atoms with Crippen molar-refractivity contribution in [3.05, 3.63) is 27.8 Å². The van der Waals surface area contributed by atoms with E-state index in [-0.39, 0.29) is 42.8 Å². The van der Waals surface area contributed by atoms with Gasteiger partial charge in [-0.15, -0.1) is 0 Å². The first-order valence-electron chi connectivity index (χ1n) is 7.85. The highest BCUT2D eigenvalue weighted by Gasteiger charge is 2.19. The number of nitrogens with one attached hydrogen (secondary N) is 2. The largest absolute Gasteiger partial charge is 0.493 e. The van der Waals surface area contributed by atoms with Crippen LogP contribution in [0, 0.1) is 10.1 Å². The highest BCUT2D eigenvalue weighted by molar-refractivity contribution is 5.84. The first kappa shape index (κ1) is 20.2. The third kappa shape index (κ3) is 6.28. The Hall–Kier alpha value is -2.84. The predicted octanol–water partition coefficient (Wildman–Crippen LogP) is 1.19. The van der Waals surface area contributed by atoms with Crippen molar-refractivity contribution >= 4 is 17.5 Å². The Kier molecular flexibility index (Phi) is 8.17. The van der Waals surface area contributed by atoms with Gasteiger partial charge in [0.05, 0.1) is 31.8 Å². The average molecular weight is 353 g/mol. The Labute approximate surface area is 145 Å². The maximum absolute atomic E-state index is 11.7. The number of carbonyl (C=O) groups excluding carboxylic acids is 2. The first-order valence-corrected chi connectivity index (χ1v) is 7.85. The number of benzene rings is 1. The summed E-state index contributed by atoms with van der Waals surface area (Å²) in [5.41, 5.74) is 0.307. The van der Waals surface area contributed by atoms with Crippen molar-refractivity contribution in [3.63, 3.8) is 0 Å². The van der Waals surface area contributed by atoms with Crippen LogP contribution in [-0.2, 0) is 16.0 Å². The summed E-state index contributed by atoms with van der Waals surface area (Å²) >= 11 is 0. The molecule has 1 aromatic rings. The molecule has 138 valence electrons. The number of carbonyl (C=O) groups is 2. The Morgan fingerprint density at radius 3 is 2.32 bits per heavy atom. The lowest BCUT2D eigenvalue weighted by atomic mass is 10.1. The summed E-state index contributed by atoms with van der Waals surface area (Å²) in [4.78, 5) is 33.7. The summed E-state index contributed by atoms with van der Waals surface area (Å²) in [6.07, 6.45) is 1.31. The smallest absolute Gasteiger partial charge is 0.276 e. The summed E-state index contributed by atoms with van der Waals surface area (Å²) in [5, 5.41) is 16.3. The van der Waals surface area contributed by atoms with Gasteiger partial charge in [0, 0.05) is 18.5 Å². The molecule has 0 aliphatic heterocycles. The second kappa shape index (κ2) is 10.1. The Morgan fingerprint density at radius 1 is 1.12 bits per heavy atom. The second-order valence-electron chi connectivity index (χ2n) is 5.22. The molecular weight excluding hydrogens is 330 g/mol. The van der Waals surface area contributed by atoms with E-state index >= 15 is 0 Å². The monoisotopic (exact) mass is 353 g/mol. The fraction of sp³-hybridized carbons (Fsp3) is 0.500. The molecule has 0 spiro atoms. The highest BCUT2D eigenvalue weighted by Crippen LogP contribution is 2.34. The van der Waals surface area contributed by atoms with Crippen molar-refractivity contribution < 1.29 is 24.0 Å². The van der Waals surface area contributed by atoms with Crippen LogP contribution >= 0.6 is 0 Å². The fourth-order valence-corrected chi connectivity index (χ4v) is 2.17. The van der Waals surface area contributed by atoms with E-state index in [2.05, 4.69) is 10.6 Å². The quantitative estimate of drug-likeness (QED) is 0.481. The van der Waals surface area contributed by atoms with E-state index in [0.29, 0.717) is 24.2 Å². The number of rotatable bonds is 10. The third-order valence-corrected chi connectivity index (χ3v) is 3.42. The number of amides is 2. The minimum absolute atomic E-state index is 0.108. The van der Waals surface area contributed by atoms with Gasteiger partial charge in [0.1, 0.15) is 0 Å². The van der Waals surface area contributed by atoms with Crippen molar-refractivity contribution in [2.75, 3.05) is 27.3 Å². The lowest BCUT2D eigenvalue weighted by Gasteiger charge is -2.11. The van der Waals surface area contributed by atoms with Crippen LogP contribution in [0.25, 0.3) is 0 Å². The van der Waals surface area contributed by atoms with Crippen LogP contribution in [0.5, 0.6) is 11.5 Å². The fourth-order valence-electron chi connectivity index (χ4n) is 2.17. The van der Waals surface area contributed by atoms with Crippen molar-refractivity contribution in [3.8, 4) is 11.5 Å². The topological polar surface area (TPSA) is 120 Å². The number of nitrogens with zero attached hydrogens (tertiary/aromatic N) is 1. The van der Waals surface area contributed by atoms with Gasteiger partial charge in [0.15, 0.2) is 11.5 Å². The van der Waals surface area contributed by atoms with E-state index in [9.17, 15) is 19.7 Å². The standard InChI is InChI=1S/C16H23N3O6/c1-4-5-15(20)18-10-16(21)17-7-6-11-8-13(24-2)14(25-3)9-12(11)19(22)23/h8-9H,4-7,10H2,1-3H3,(H,17,21)(H,18,20). The molecule has 2 amide bonds. The third-order valence-electron chi connectivity index (χ3n) is 3.42. The van der Waals surface area contributed by atoms with Gasteiger partial charge in [0.2, 0.25) is 11.8 Å². The van der Waals surface area contributed by atoms with Crippen LogP contribution in [-0.4, -0.2) is 44.0 Å². The minimum Gasteiger partial charge on any atom is -0.493 e. The molecule has 0 unspecified atom stereocenters. The van der Waals surface area contributed by atoms with Gasteiger partial charge in [-0.25, -0.2) is 0 Å². The summed E-state index contributed by atoms with van der Waals surface area (Å²) in [7, 11) is 2.84. The molecule has 25 heavy (non-hydrogen) atoms. The number of hydrogen-bond donors (Lipinski definition) is 2. The highest BCUT2D eigenvalue weighted by atomic mass is 16.6. The van der Waals surface area contributed by atoms with Gasteiger partial charge in [0.25, 0.3) is 5.69 Å². The first-order chi connectivity index (χ1) is 11.9. The number of nitro benzene ring substituents is 1. The normalized spacial score (nSPS) is 10.0. The van der Waals surface area contributed by atoms with E-state index in [1.54, 1.807) is 0 Å². The molecule has 0 fully saturated rings. The molecule has 0 saturated carbocycles. The number of nitro groups is 1. The van der Waals surface area contributed by atoms with E-state index in [0.717, 1.165) is 0 Å². The Bertz CT molecular complexity index is 633. The second-order valence-corrected chi connectivity index (χ2v) is 5.22. The molecule has 0 saturated heterocycles. The number of methoxy groups -OCH3 is 2. The van der Waals surface area contributed by atoms with E-state index in [1.165, 1.54) is 26.4 Å². The maximum atomic E-state index is 11.7. The molecule has 1 rings (SSSR count). The number of ether oxygens (including phenoxy) is 2. The Morgan fingerprint density at radius 2 is 1.76 bits per heavy atom.